The molecule has 0 amide bonds. The van der Waals surface area contributed by atoms with Crippen molar-refractivity contribution in [1.29, 1.82) is 0 Å². The molecule has 0 radical (unpaired) electrons. The molecule has 1 aromatic rings. The molecule has 0 saturated heterocycles. The summed E-state index contributed by atoms with van der Waals surface area (Å²) in [5.41, 5.74) is 5.49. The van der Waals surface area contributed by atoms with Gasteiger partial charge >= 0.3 is 0 Å². The molecule has 1 aromatic carbocycles. The van der Waals surface area contributed by atoms with E-state index in [0.717, 1.165) is 19.3 Å². The van der Waals surface area contributed by atoms with Gasteiger partial charge in [0.2, 0.25) is 0 Å². The van der Waals surface area contributed by atoms with Crippen LogP contribution in [-0.2, 0) is 5.41 Å². The number of fused-ring (bicyclic) bond motifs is 1. The molecule has 1 aliphatic rings. The van der Waals surface area contributed by atoms with E-state index in [1.807, 2.05) is 13.8 Å². The Morgan fingerprint density at radius 2 is 1.55 bits per heavy atom. The maximum Gasteiger partial charge on any atom is 0.00866 e. The summed E-state index contributed by atoms with van der Waals surface area (Å²) < 4.78 is 0. The minimum Gasteiger partial charge on any atom is -0.0909 e. The summed E-state index contributed by atoms with van der Waals surface area (Å²) in [6, 6.07) is 0. The summed E-state index contributed by atoms with van der Waals surface area (Å²) in [6.45, 7) is 28.7. The van der Waals surface area contributed by atoms with E-state index in [1.54, 1.807) is 0 Å². The largest absolute Gasteiger partial charge is 0.0909 e. The molecular weight excluding hydrogens is 348 g/mol. The van der Waals surface area contributed by atoms with E-state index in [0.29, 0.717) is 5.92 Å². The second kappa shape index (κ2) is 10.8. The topological polar surface area (TPSA) is 0 Å². The first-order chi connectivity index (χ1) is 13.5. The molecule has 0 bridgehead atoms. The van der Waals surface area contributed by atoms with Crippen LogP contribution in [0.4, 0.5) is 0 Å². The highest BCUT2D eigenvalue weighted by molar-refractivity contribution is 5.48. The molecule has 1 aliphatic carbocycles. The number of hydrogen-bond acceptors (Lipinski definition) is 0. The monoisotopic (exact) mass is 392 g/mol. The van der Waals surface area contributed by atoms with E-state index < -0.39 is 0 Å². The molecule has 0 aliphatic heterocycles. The maximum atomic E-state index is 4.50. The third-order valence-corrected chi connectivity index (χ3v) is 5.80. The fourth-order valence-corrected chi connectivity index (χ4v) is 4.70. The molecule has 0 fully saturated rings. The summed E-state index contributed by atoms with van der Waals surface area (Å²) in [5.74, 6) is 0.631. The smallest absolute Gasteiger partial charge is 0.00866 e. The first kappa shape index (κ1) is 25.2. The van der Waals surface area contributed by atoms with Crippen molar-refractivity contribution in [2.24, 2.45) is 5.92 Å². The quantitative estimate of drug-likeness (QED) is 0.536. The van der Waals surface area contributed by atoms with Gasteiger partial charge in [0.15, 0.2) is 0 Å². The average Bonchev–Trinajstić information content (AvgIpc) is 2.65. The van der Waals surface area contributed by atoms with E-state index in [-0.39, 0.29) is 5.41 Å². The summed E-state index contributed by atoms with van der Waals surface area (Å²) >= 11 is 0. The summed E-state index contributed by atoms with van der Waals surface area (Å²) in [7, 11) is 0. The Kier molecular flexibility index (Phi) is 9.40. The minimum atomic E-state index is -0.0439. The number of allylic oxidation sites excluding steroid dienone is 4. The van der Waals surface area contributed by atoms with Crippen molar-refractivity contribution in [1.82, 2.24) is 0 Å². The Hall–Kier alpha value is -1.82. The Morgan fingerprint density at radius 1 is 1.03 bits per heavy atom. The Labute approximate surface area is 180 Å². The van der Waals surface area contributed by atoms with E-state index in [4.69, 9.17) is 0 Å². The predicted molar refractivity (Wildman–Crippen MR) is 135 cm³/mol. The molecule has 0 spiro atoms. The van der Waals surface area contributed by atoms with Crippen LogP contribution in [-0.4, -0.2) is 0 Å². The Morgan fingerprint density at radius 3 is 2.07 bits per heavy atom. The van der Waals surface area contributed by atoms with Gasteiger partial charge in [0.05, 0.1) is 0 Å². The van der Waals surface area contributed by atoms with Crippen molar-refractivity contribution in [3.05, 3.63) is 55.3 Å². The normalized spacial score (nSPS) is 14.6. The molecule has 0 heterocycles. The zero-order chi connectivity index (χ0) is 22.4. The van der Waals surface area contributed by atoms with E-state index in [1.165, 1.54) is 49.6 Å². The van der Waals surface area contributed by atoms with Crippen molar-refractivity contribution < 1.29 is 0 Å². The number of hydrogen-bond donors (Lipinski definition) is 0. The van der Waals surface area contributed by atoms with Gasteiger partial charge in [-0.05, 0) is 91.3 Å². The molecule has 0 saturated carbocycles. The van der Waals surface area contributed by atoms with Crippen LogP contribution < -0.4 is 20.9 Å². The molecule has 29 heavy (non-hydrogen) atoms. The van der Waals surface area contributed by atoms with E-state index in [2.05, 4.69) is 85.9 Å². The average molecular weight is 393 g/mol. The summed E-state index contributed by atoms with van der Waals surface area (Å²) in [6.07, 6.45) is 14.1. The highest BCUT2D eigenvalue weighted by Gasteiger charge is 2.22. The van der Waals surface area contributed by atoms with Crippen LogP contribution in [0.25, 0.3) is 25.3 Å². The fraction of sp³-hybridized carbons (Fsp3) is 0.517. The van der Waals surface area contributed by atoms with E-state index in [9.17, 15) is 0 Å². The third-order valence-electron chi connectivity index (χ3n) is 5.80. The fourth-order valence-electron chi connectivity index (χ4n) is 4.70. The lowest BCUT2D eigenvalue weighted by atomic mass is 9.77. The second-order valence-electron chi connectivity index (χ2n) is 9.24. The summed E-state index contributed by atoms with van der Waals surface area (Å²) in [5, 5.41) is 4.99. The Bertz CT molecular complexity index is 976. The van der Waals surface area contributed by atoms with Gasteiger partial charge in [-0.1, -0.05) is 83.2 Å². The van der Waals surface area contributed by atoms with Gasteiger partial charge in [-0.25, -0.2) is 0 Å². The van der Waals surface area contributed by atoms with Crippen molar-refractivity contribution >= 4 is 25.3 Å². The maximum absolute atomic E-state index is 4.50. The van der Waals surface area contributed by atoms with Gasteiger partial charge in [0.1, 0.15) is 0 Å². The second-order valence-corrected chi connectivity index (χ2v) is 9.24. The van der Waals surface area contributed by atoms with Crippen molar-refractivity contribution in [3.63, 3.8) is 0 Å². The van der Waals surface area contributed by atoms with Crippen molar-refractivity contribution in [3.8, 4) is 0 Å². The lowest BCUT2D eigenvalue weighted by Gasteiger charge is -2.27. The van der Waals surface area contributed by atoms with Crippen LogP contribution in [0, 0.1) is 12.8 Å². The molecule has 0 N–H and O–H groups in total. The third kappa shape index (κ3) is 6.33. The van der Waals surface area contributed by atoms with Crippen LogP contribution in [0.5, 0.6) is 0 Å². The van der Waals surface area contributed by atoms with Crippen molar-refractivity contribution in [2.75, 3.05) is 0 Å². The SMILES string of the molecule is C=c1c(C)c(C(C)(C)/C=C(\C)CCC(C)C=C(C)C)c(=C)c2c1=CCCC=2.CC. The highest BCUT2D eigenvalue weighted by atomic mass is 14.3. The van der Waals surface area contributed by atoms with Crippen LogP contribution in [0.1, 0.15) is 92.2 Å². The van der Waals surface area contributed by atoms with Gasteiger partial charge < -0.3 is 0 Å². The molecule has 0 heteroatoms. The van der Waals surface area contributed by atoms with Crippen LogP contribution in [0.3, 0.4) is 0 Å². The Balaban J connectivity index is 0.00000204. The zero-order valence-electron chi connectivity index (χ0n) is 20.6. The van der Waals surface area contributed by atoms with Gasteiger partial charge in [0.25, 0.3) is 0 Å². The standard InChI is InChI=1S/C27H38.C2H6/c1-18(2)16-19(3)14-15-20(4)17-27(8,9)26-22(6)21(5)24-12-10-11-13-25(24)23(26)7;1-2/h12-13,16-17,19H,5,7,10-11,14-15H2,1-4,6,8-9H3;1-2H3/b20-17+;. The molecular formula is C29H44. The lowest BCUT2D eigenvalue weighted by molar-refractivity contribution is 0.617. The van der Waals surface area contributed by atoms with Gasteiger partial charge in [-0.15, -0.1) is 0 Å². The molecule has 2 rings (SSSR count). The molecule has 0 aromatic heterocycles. The molecule has 0 nitrogen and oxygen atoms in total. The first-order valence-corrected chi connectivity index (χ1v) is 11.4. The number of rotatable bonds is 6. The lowest BCUT2D eigenvalue weighted by Crippen LogP contribution is -2.53. The molecule has 1 unspecified atom stereocenters. The van der Waals surface area contributed by atoms with Crippen molar-refractivity contribution in [2.45, 2.75) is 93.4 Å². The van der Waals surface area contributed by atoms with Gasteiger partial charge in [-0.3, -0.25) is 0 Å². The molecule has 160 valence electrons. The van der Waals surface area contributed by atoms with Gasteiger partial charge in [0, 0.05) is 5.41 Å². The van der Waals surface area contributed by atoms with E-state index >= 15 is 0 Å². The highest BCUT2D eigenvalue weighted by Crippen LogP contribution is 2.26. The van der Waals surface area contributed by atoms with Crippen LogP contribution in [0.15, 0.2) is 23.3 Å². The number of benzene rings is 1. The predicted octanol–water partition coefficient (Wildman–Crippen LogP) is 5.80. The zero-order valence-corrected chi connectivity index (χ0v) is 20.6. The van der Waals surface area contributed by atoms with Gasteiger partial charge in [-0.2, -0.15) is 0 Å². The summed E-state index contributed by atoms with van der Waals surface area (Å²) in [4.78, 5) is 0. The first-order valence-electron chi connectivity index (χ1n) is 11.4. The van der Waals surface area contributed by atoms with Crippen LogP contribution >= 0.6 is 0 Å². The minimum absolute atomic E-state index is 0.0439. The molecule has 1 atom stereocenters. The van der Waals surface area contributed by atoms with Crippen LogP contribution in [0.2, 0.25) is 0 Å².